The van der Waals surface area contributed by atoms with Crippen molar-refractivity contribution in [1.29, 1.82) is 0 Å². The van der Waals surface area contributed by atoms with E-state index in [0.29, 0.717) is 0 Å². The third-order valence-corrected chi connectivity index (χ3v) is 11.8. The summed E-state index contributed by atoms with van der Waals surface area (Å²) in [7, 11) is 0. The maximum absolute atomic E-state index is 4.34. The summed E-state index contributed by atoms with van der Waals surface area (Å²) in [5.74, 6) is 0. The minimum absolute atomic E-state index is 0.791. The molecule has 0 aliphatic heterocycles. The number of nitrogens with zero attached hydrogens (tertiary/aromatic N) is 2. The first-order chi connectivity index (χ1) is 27.6. The van der Waals surface area contributed by atoms with E-state index in [4.69, 9.17) is 0 Å². The van der Waals surface area contributed by atoms with Crippen LogP contribution < -0.4 is 0 Å². The molecule has 0 aliphatic rings. The molecule has 270 valence electrons. The molecule has 3 aromatic heterocycles. The van der Waals surface area contributed by atoms with Crippen molar-refractivity contribution < 1.29 is 0 Å². The smallest absolute Gasteiger partial charge is 0.0682 e. The molecule has 0 saturated heterocycles. The van der Waals surface area contributed by atoms with E-state index in [-0.39, 0.29) is 0 Å². The third-order valence-electron chi connectivity index (χ3n) is 10.6. The maximum atomic E-state index is 4.34. The van der Waals surface area contributed by atoms with Crippen LogP contribution in [-0.2, 0) is 6.42 Å². The molecule has 0 unspecified atom stereocenters. The molecule has 0 fully saturated rings. The molecule has 0 radical (unpaired) electrons. The highest BCUT2D eigenvalue weighted by atomic mass is 32.1. The lowest BCUT2D eigenvalue weighted by molar-refractivity contribution is 1.12. The quantitative estimate of drug-likeness (QED) is 0.144. The standard InChI is InChI=1S/C47H32N2S.C6H10/c1-2-34-38-22-10-13-26-45(38)50-47(34)46-40(37-21-9-12-24-43(37)49(46)41-25-14-16-32-15-6-7-19-35(32)41)30-31-27-28-44-39(29-31)36-20-8-11-23-42(36)48(44)33-17-4-3-5-18-33;1-4-5-6(2)3/h2-29H,1,30H2;4-5H,2H2,1,3H3/b;5-4-. The number of para-hydroxylation sites is 3. The largest absolute Gasteiger partial charge is 0.309 e. The molecule has 10 aromatic rings. The number of thiophene rings is 1. The van der Waals surface area contributed by atoms with Crippen LogP contribution in [0.25, 0.3) is 81.6 Å². The summed E-state index contributed by atoms with van der Waals surface area (Å²) in [6.45, 7) is 12.0. The van der Waals surface area contributed by atoms with Crippen molar-refractivity contribution in [3.8, 4) is 21.9 Å². The summed E-state index contributed by atoms with van der Waals surface area (Å²) in [6.07, 6.45) is 6.79. The Kier molecular flexibility index (Phi) is 9.30. The molecule has 0 bridgehead atoms. The van der Waals surface area contributed by atoms with Crippen LogP contribution >= 0.6 is 11.3 Å². The van der Waals surface area contributed by atoms with Gasteiger partial charge in [0.05, 0.1) is 32.8 Å². The summed E-state index contributed by atoms with van der Waals surface area (Å²) in [5, 5.41) is 7.53. The summed E-state index contributed by atoms with van der Waals surface area (Å²) in [6, 6.07) is 59.6. The van der Waals surface area contributed by atoms with Crippen LogP contribution in [0.2, 0.25) is 0 Å². The highest BCUT2D eigenvalue weighted by Gasteiger charge is 2.25. The molecule has 10 rings (SSSR count). The van der Waals surface area contributed by atoms with Gasteiger partial charge in [-0.3, -0.25) is 0 Å². The normalized spacial score (nSPS) is 11.5. The Bertz CT molecular complexity index is 3110. The second-order valence-corrected chi connectivity index (χ2v) is 15.3. The van der Waals surface area contributed by atoms with E-state index in [1.54, 1.807) is 0 Å². The van der Waals surface area contributed by atoms with E-state index < -0.39 is 0 Å². The highest BCUT2D eigenvalue weighted by molar-refractivity contribution is 7.22. The molecule has 7 aromatic carbocycles. The van der Waals surface area contributed by atoms with E-state index in [1.165, 1.54) is 92.2 Å². The minimum Gasteiger partial charge on any atom is -0.309 e. The van der Waals surface area contributed by atoms with Crippen molar-refractivity contribution >= 4 is 71.0 Å². The molecule has 0 aliphatic carbocycles. The van der Waals surface area contributed by atoms with Crippen LogP contribution in [0.3, 0.4) is 0 Å². The van der Waals surface area contributed by atoms with Crippen LogP contribution in [0, 0.1) is 0 Å². The van der Waals surface area contributed by atoms with Crippen LogP contribution in [-0.4, -0.2) is 9.13 Å². The first kappa shape index (κ1) is 35.0. The van der Waals surface area contributed by atoms with Gasteiger partial charge in [0.25, 0.3) is 0 Å². The van der Waals surface area contributed by atoms with Gasteiger partial charge in [-0.1, -0.05) is 152 Å². The van der Waals surface area contributed by atoms with E-state index in [2.05, 4.69) is 186 Å². The fraction of sp³-hybridized carbons (Fsp3) is 0.0566. The van der Waals surface area contributed by atoms with Crippen molar-refractivity contribution in [2.75, 3.05) is 0 Å². The SMILES string of the molecule is C=C(C)/C=C\C.C=Cc1c(-c2c(Cc3ccc4c(c3)c3ccccc3n4-c3ccccc3)c3ccccc3n2-c2cccc3ccccc23)sc2ccccc12. The Balaban J connectivity index is 0.000000636. The molecule has 0 atom stereocenters. The Morgan fingerprint density at radius 2 is 1.23 bits per heavy atom. The molecule has 56 heavy (non-hydrogen) atoms. The average molecular weight is 739 g/mol. The fourth-order valence-electron chi connectivity index (χ4n) is 8.30. The third kappa shape index (κ3) is 6.07. The van der Waals surface area contributed by atoms with Crippen molar-refractivity contribution in [2.45, 2.75) is 20.3 Å². The first-order valence-electron chi connectivity index (χ1n) is 19.2. The monoisotopic (exact) mass is 738 g/mol. The lowest BCUT2D eigenvalue weighted by atomic mass is 9.98. The average Bonchev–Trinajstić information content (AvgIpc) is 3.88. The molecule has 3 heteroatoms. The number of fused-ring (bicyclic) bond motifs is 6. The van der Waals surface area contributed by atoms with Gasteiger partial charge in [0.15, 0.2) is 0 Å². The minimum atomic E-state index is 0.791. The van der Waals surface area contributed by atoms with Crippen molar-refractivity contribution in [2.24, 2.45) is 0 Å². The van der Waals surface area contributed by atoms with Crippen LogP contribution in [0.15, 0.2) is 195 Å². The van der Waals surface area contributed by atoms with Crippen molar-refractivity contribution in [1.82, 2.24) is 9.13 Å². The zero-order valence-corrected chi connectivity index (χ0v) is 32.6. The lowest BCUT2D eigenvalue weighted by Crippen LogP contribution is -2.00. The molecule has 0 spiro atoms. The highest BCUT2D eigenvalue weighted by Crippen LogP contribution is 2.46. The second-order valence-electron chi connectivity index (χ2n) is 14.3. The van der Waals surface area contributed by atoms with Crippen LogP contribution in [0.5, 0.6) is 0 Å². The second kappa shape index (κ2) is 14.9. The number of hydrogen-bond donors (Lipinski definition) is 0. The van der Waals surface area contributed by atoms with Gasteiger partial charge in [-0.2, -0.15) is 0 Å². The van der Waals surface area contributed by atoms with E-state index in [9.17, 15) is 0 Å². The summed E-state index contributed by atoms with van der Waals surface area (Å²) >= 11 is 1.87. The number of benzene rings is 7. The van der Waals surface area contributed by atoms with Gasteiger partial charge in [0.2, 0.25) is 0 Å². The molecular formula is C53H42N2S. The first-order valence-corrected chi connectivity index (χ1v) is 20.0. The van der Waals surface area contributed by atoms with Gasteiger partial charge < -0.3 is 9.13 Å². The van der Waals surface area contributed by atoms with Crippen LogP contribution in [0.1, 0.15) is 30.5 Å². The van der Waals surface area contributed by atoms with Crippen molar-refractivity contribution in [3.63, 3.8) is 0 Å². The molecule has 0 amide bonds. The predicted octanol–water partition coefficient (Wildman–Crippen LogP) is 15.1. The van der Waals surface area contributed by atoms with Crippen LogP contribution in [0.4, 0.5) is 0 Å². The Morgan fingerprint density at radius 3 is 1.96 bits per heavy atom. The van der Waals surface area contributed by atoms with E-state index in [0.717, 1.165) is 12.0 Å². The van der Waals surface area contributed by atoms with Gasteiger partial charge in [0, 0.05) is 49.3 Å². The fourth-order valence-corrected chi connectivity index (χ4v) is 9.56. The molecule has 0 N–H and O–H groups in total. The van der Waals surface area contributed by atoms with Gasteiger partial charge in [0.1, 0.15) is 0 Å². The summed E-state index contributed by atoms with van der Waals surface area (Å²) in [5.41, 5.74) is 12.2. The molecule has 3 heterocycles. The number of aromatic nitrogens is 2. The van der Waals surface area contributed by atoms with E-state index >= 15 is 0 Å². The van der Waals surface area contributed by atoms with Gasteiger partial charge >= 0.3 is 0 Å². The van der Waals surface area contributed by atoms with Crippen molar-refractivity contribution in [3.05, 3.63) is 211 Å². The maximum Gasteiger partial charge on any atom is 0.0682 e. The van der Waals surface area contributed by atoms with Gasteiger partial charge in [-0.25, -0.2) is 0 Å². The van der Waals surface area contributed by atoms with Gasteiger partial charge in [-0.05, 0) is 78.9 Å². The number of hydrogen-bond acceptors (Lipinski definition) is 1. The Morgan fingerprint density at radius 1 is 0.607 bits per heavy atom. The number of allylic oxidation sites excluding steroid dienone is 3. The van der Waals surface area contributed by atoms with Gasteiger partial charge in [-0.15, -0.1) is 11.3 Å². The predicted molar refractivity (Wildman–Crippen MR) is 245 cm³/mol. The lowest BCUT2D eigenvalue weighted by Gasteiger charge is -2.15. The number of rotatable bonds is 7. The zero-order valence-electron chi connectivity index (χ0n) is 31.7. The summed E-state index contributed by atoms with van der Waals surface area (Å²) < 4.78 is 6.18. The topological polar surface area (TPSA) is 9.86 Å². The Hall–Kier alpha value is -6.68. The Labute approximate surface area is 332 Å². The van der Waals surface area contributed by atoms with E-state index in [1.807, 2.05) is 43.4 Å². The molecule has 0 saturated carbocycles. The zero-order chi connectivity index (χ0) is 38.2. The molecule has 2 nitrogen and oxygen atoms in total. The summed E-state index contributed by atoms with van der Waals surface area (Å²) in [4.78, 5) is 1.25. The molecular weight excluding hydrogens is 697 g/mol.